The van der Waals surface area contributed by atoms with Crippen LogP contribution < -0.4 is 20.2 Å². The average molecular weight is 684 g/mol. The quantitative estimate of drug-likeness (QED) is 0.203. The molecule has 1 aliphatic heterocycles. The lowest BCUT2D eigenvalue weighted by molar-refractivity contribution is -0.247. The van der Waals surface area contributed by atoms with E-state index in [4.69, 9.17) is 11.6 Å². The maximum absolute atomic E-state index is 15.4. The Balaban J connectivity index is 1.55. The molecular formula is C35H36ClF4N6O2-. The van der Waals surface area contributed by atoms with Crippen molar-refractivity contribution in [3.63, 3.8) is 0 Å². The first-order valence-corrected chi connectivity index (χ1v) is 15.7. The summed E-state index contributed by atoms with van der Waals surface area (Å²) in [5, 5.41) is 15.8. The summed E-state index contributed by atoms with van der Waals surface area (Å²) in [6.07, 6.45) is -5.16. The fourth-order valence-corrected chi connectivity index (χ4v) is 6.64. The van der Waals surface area contributed by atoms with Crippen molar-refractivity contribution in [1.29, 1.82) is 0 Å². The number of carbonyl (C=O) groups is 1. The van der Waals surface area contributed by atoms with E-state index in [1.807, 2.05) is 18.9 Å². The Hall–Kier alpha value is -4.42. The van der Waals surface area contributed by atoms with Gasteiger partial charge in [0, 0.05) is 42.1 Å². The first kappa shape index (κ1) is 34.9. The fourth-order valence-electron chi connectivity index (χ4n) is 6.42. The van der Waals surface area contributed by atoms with Crippen molar-refractivity contribution in [2.45, 2.75) is 58.9 Å². The van der Waals surface area contributed by atoms with Crippen LogP contribution in [-0.2, 0) is 6.18 Å². The predicted molar refractivity (Wildman–Crippen MR) is 177 cm³/mol. The normalized spacial score (nSPS) is 17.7. The molecule has 48 heavy (non-hydrogen) atoms. The Labute approximate surface area is 282 Å². The van der Waals surface area contributed by atoms with Crippen LogP contribution in [0.3, 0.4) is 0 Å². The van der Waals surface area contributed by atoms with Crippen molar-refractivity contribution in [2.24, 2.45) is 0 Å². The molecule has 254 valence electrons. The lowest BCUT2D eigenvalue weighted by Gasteiger charge is -2.43. The van der Waals surface area contributed by atoms with Crippen LogP contribution in [0.5, 0.6) is 0 Å². The maximum Gasteiger partial charge on any atom is 0.416 e. The Kier molecular flexibility index (Phi) is 9.89. The van der Waals surface area contributed by atoms with E-state index in [9.17, 15) is 23.1 Å². The van der Waals surface area contributed by atoms with Gasteiger partial charge >= 0.3 is 6.18 Å². The number of carbonyl (C=O) groups excluding carboxylic acids is 1. The number of rotatable bonds is 7. The summed E-state index contributed by atoms with van der Waals surface area (Å²) >= 11 is 6.51. The highest BCUT2D eigenvalue weighted by molar-refractivity contribution is 6.31. The van der Waals surface area contributed by atoms with Gasteiger partial charge in [-0.1, -0.05) is 29.3 Å². The van der Waals surface area contributed by atoms with Crippen molar-refractivity contribution in [1.82, 2.24) is 14.9 Å². The van der Waals surface area contributed by atoms with Crippen LogP contribution in [0.15, 0.2) is 60.8 Å². The van der Waals surface area contributed by atoms with Gasteiger partial charge in [0.25, 0.3) is 0 Å². The minimum Gasteiger partial charge on any atom is -0.530 e. The predicted octanol–water partition coefficient (Wildman–Crippen LogP) is 7.42. The number of amides is 1. The molecule has 3 aromatic carbocycles. The number of carboxylic acid groups (broad SMARTS) is 1. The van der Waals surface area contributed by atoms with E-state index in [2.05, 4.69) is 34.0 Å². The zero-order valence-corrected chi connectivity index (χ0v) is 28.1. The van der Waals surface area contributed by atoms with Crippen molar-refractivity contribution >= 4 is 40.8 Å². The molecule has 1 N–H and O–H groups in total. The molecule has 0 bridgehead atoms. The standard InChI is InChI=1S/C35H37ClF4N6O2/c1-19-13-20(2)31(21(3)14-19)32(26-15-24(35(38,39)40)7-9-27(26)36)46(34(47)48)30-11-12-41-33(43-30)42-25-8-10-29(28(37)16-25)45-17-22(4)44(6)23(5)18-45/h7-16,22-23,32H,17-18H2,1-6H3,(H,47,48)(H,41,42,43)/p-1/t22-,23+,32?. The molecule has 8 nitrogen and oxygen atoms in total. The zero-order valence-electron chi connectivity index (χ0n) is 27.4. The molecule has 1 fully saturated rings. The third kappa shape index (κ3) is 7.19. The molecular weight excluding hydrogens is 648 g/mol. The topological polar surface area (TPSA) is 87.7 Å². The number of aromatic nitrogens is 2. The van der Waals surface area contributed by atoms with E-state index in [-0.39, 0.29) is 34.4 Å². The van der Waals surface area contributed by atoms with Crippen LogP contribution in [0, 0.1) is 26.6 Å². The van der Waals surface area contributed by atoms with Crippen LogP contribution in [-0.4, -0.2) is 53.2 Å². The molecule has 0 spiro atoms. The van der Waals surface area contributed by atoms with Crippen LogP contribution in [0.2, 0.25) is 5.02 Å². The summed E-state index contributed by atoms with van der Waals surface area (Å²) < 4.78 is 57.1. The molecule has 0 radical (unpaired) electrons. The number of nitrogens with one attached hydrogen (secondary N) is 1. The number of alkyl halides is 3. The van der Waals surface area contributed by atoms with Gasteiger partial charge in [-0.2, -0.15) is 18.2 Å². The van der Waals surface area contributed by atoms with Gasteiger partial charge in [-0.15, -0.1) is 0 Å². The SMILES string of the molecule is Cc1cc(C)c(C(c2cc(C(F)(F)F)ccc2Cl)N(C(=O)[O-])c2ccnc(Nc3ccc(N4C[C@@H](C)N(C)[C@@H](C)C4)c(F)c3)n2)c(C)c1. The van der Waals surface area contributed by atoms with Gasteiger partial charge in [-0.05, 0) is 106 Å². The molecule has 4 aromatic rings. The zero-order chi connectivity index (χ0) is 35.1. The first-order chi connectivity index (χ1) is 22.5. The molecule has 13 heteroatoms. The number of piperazine rings is 1. The monoisotopic (exact) mass is 683 g/mol. The van der Waals surface area contributed by atoms with Gasteiger partial charge in [0.1, 0.15) is 17.7 Å². The van der Waals surface area contributed by atoms with E-state index in [0.29, 0.717) is 41.2 Å². The number of likely N-dealkylation sites (N-methyl/N-ethyl adjacent to an activating group) is 1. The Bertz CT molecular complexity index is 1800. The molecule has 1 unspecified atom stereocenters. The van der Waals surface area contributed by atoms with Crippen LogP contribution >= 0.6 is 11.6 Å². The summed E-state index contributed by atoms with van der Waals surface area (Å²) in [7, 11) is 2.05. The minimum absolute atomic E-state index is 0.0704. The number of hydrogen-bond donors (Lipinski definition) is 1. The van der Waals surface area contributed by atoms with Gasteiger partial charge in [0.05, 0.1) is 17.3 Å². The lowest BCUT2D eigenvalue weighted by Crippen LogP contribution is -2.55. The van der Waals surface area contributed by atoms with Crippen LogP contribution in [0.1, 0.15) is 53.3 Å². The smallest absolute Gasteiger partial charge is 0.416 e. The highest BCUT2D eigenvalue weighted by Crippen LogP contribution is 2.42. The second-order valence-corrected chi connectivity index (χ2v) is 12.8. The number of hydrogen-bond acceptors (Lipinski definition) is 7. The van der Waals surface area contributed by atoms with E-state index >= 15 is 4.39 Å². The summed E-state index contributed by atoms with van der Waals surface area (Å²) in [6.45, 7) is 10.8. The lowest BCUT2D eigenvalue weighted by atomic mass is 9.88. The van der Waals surface area contributed by atoms with Crippen LogP contribution in [0.25, 0.3) is 0 Å². The minimum atomic E-state index is -4.72. The molecule has 3 atom stereocenters. The maximum atomic E-state index is 15.4. The Morgan fingerprint density at radius 3 is 2.25 bits per heavy atom. The number of benzene rings is 3. The van der Waals surface area contributed by atoms with Gasteiger partial charge in [-0.25, -0.2) is 9.37 Å². The summed E-state index contributed by atoms with van der Waals surface area (Å²) in [6, 6.07) is 11.4. The molecule has 1 amide bonds. The highest BCUT2D eigenvalue weighted by atomic mass is 35.5. The molecule has 1 saturated heterocycles. The van der Waals surface area contributed by atoms with E-state index in [1.54, 1.807) is 38.1 Å². The van der Waals surface area contributed by atoms with Gasteiger partial charge in [0.2, 0.25) is 5.95 Å². The second kappa shape index (κ2) is 13.6. The molecule has 0 saturated carbocycles. The fraction of sp³-hybridized carbons (Fsp3) is 0.343. The molecule has 5 rings (SSSR count). The van der Waals surface area contributed by atoms with E-state index in [0.717, 1.165) is 28.7 Å². The molecule has 1 aromatic heterocycles. The Morgan fingerprint density at radius 1 is 1.02 bits per heavy atom. The molecule has 2 heterocycles. The van der Waals surface area contributed by atoms with E-state index < -0.39 is 29.7 Å². The summed E-state index contributed by atoms with van der Waals surface area (Å²) in [5.74, 6) is -0.720. The number of aryl methyl sites for hydroxylation is 3. The summed E-state index contributed by atoms with van der Waals surface area (Å²) in [5.41, 5.74) is 2.22. The highest BCUT2D eigenvalue weighted by Gasteiger charge is 2.35. The van der Waals surface area contributed by atoms with Crippen molar-refractivity contribution in [2.75, 3.05) is 35.3 Å². The average Bonchev–Trinajstić information content (AvgIpc) is 2.98. The van der Waals surface area contributed by atoms with E-state index in [1.165, 1.54) is 18.3 Å². The van der Waals surface area contributed by atoms with Crippen LogP contribution in [0.4, 0.5) is 45.5 Å². The van der Waals surface area contributed by atoms with Crippen molar-refractivity contribution in [3.8, 4) is 0 Å². The van der Waals surface area contributed by atoms with Gasteiger partial charge in [0.15, 0.2) is 0 Å². The van der Waals surface area contributed by atoms with Gasteiger partial charge in [-0.3, -0.25) is 4.90 Å². The largest absolute Gasteiger partial charge is 0.530 e. The second-order valence-electron chi connectivity index (χ2n) is 12.4. The van der Waals surface area contributed by atoms with Crippen molar-refractivity contribution in [3.05, 3.63) is 105 Å². The third-order valence-corrected chi connectivity index (χ3v) is 9.22. The number of nitrogens with zero attached hydrogens (tertiary/aromatic N) is 5. The number of anilines is 4. The Morgan fingerprint density at radius 2 is 1.67 bits per heavy atom. The van der Waals surface area contributed by atoms with Gasteiger partial charge < -0.3 is 25.0 Å². The summed E-state index contributed by atoms with van der Waals surface area (Å²) in [4.78, 5) is 26.5. The number of halogens is 5. The molecule has 0 aliphatic carbocycles. The first-order valence-electron chi connectivity index (χ1n) is 15.4. The van der Waals surface area contributed by atoms with Crippen molar-refractivity contribution < 1.29 is 27.5 Å². The molecule has 1 aliphatic rings. The third-order valence-electron chi connectivity index (χ3n) is 8.88.